The van der Waals surface area contributed by atoms with Crippen LogP contribution in [0.1, 0.15) is 6.92 Å². The van der Waals surface area contributed by atoms with Crippen LogP contribution in [0.2, 0.25) is 0 Å². The average molecular weight is 297 g/mol. The van der Waals surface area contributed by atoms with Gasteiger partial charge < -0.3 is 0 Å². The second-order valence-electron chi connectivity index (χ2n) is 2.73. The van der Waals surface area contributed by atoms with Gasteiger partial charge in [-0.25, -0.2) is 4.39 Å². The van der Waals surface area contributed by atoms with Crippen LogP contribution in [0.3, 0.4) is 0 Å². The Hall–Kier alpha value is -0.660. The van der Waals surface area contributed by atoms with Crippen molar-refractivity contribution in [2.75, 3.05) is 11.3 Å². The van der Waals surface area contributed by atoms with Crippen molar-refractivity contribution in [1.82, 2.24) is 4.72 Å². The Kier molecular flexibility index (Phi) is 4.06. The Bertz CT molecular complexity index is 450. The van der Waals surface area contributed by atoms with Crippen LogP contribution >= 0.6 is 15.9 Å². The summed E-state index contributed by atoms with van der Waals surface area (Å²) in [4.78, 5) is 0. The Morgan fingerprint density at radius 3 is 2.67 bits per heavy atom. The van der Waals surface area contributed by atoms with E-state index in [1.54, 1.807) is 13.0 Å². The van der Waals surface area contributed by atoms with E-state index in [9.17, 15) is 12.8 Å². The molecule has 0 fully saturated rings. The van der Waals surface area contributed by atoms with Crippen LogP contribution in [0.5, 0.6) is 0 Å². The van der Waals surface area contributed by atoms with Gasteiger partial charge in [0.1, 0.15) is 5.82 Å². The summed E-state index contributed by atoms with van der Waals surface area (Å²) < 4.78 is 40.5. The number of halogens is 2. The van der Waals surface area contributed by atoms with Gasteiger partial charge in [-0.1, -0.05) is 22.9 Å². The van der Waals surface area contributed by atoms with Crippen LogP contribution < -0.4 is 9.44 Å². The lowest BCUT2D eigenvalue weighted by Gasteiger charge is -2.08. The molecule has 1 rings (SSSR count). The normalized spacial score (nSPS) is 11.4. The lowest BCUT2D eigenvalue weighted by molar-refractivity contribution is 0.587. The zero-order chi connectivity index (χ0) is 11.5. The first-order chi connectivity index (χ1) is 6.94. The molecule has 0 aliphatic carbocycles. The van der Waals surface area contributed by atoms with Crippen LogP contribution in [-0.4, -0.2) is 15.0 Å². The van der Waals surface area contributed by atoms with Crippen LogP contribution in [0.15, 0.2) is 22.7 Å². The van der Waals surface area contributed by atoms with E-state index in [2.05, 4.69) is 25.4 Å². The van der Waals surface area contributed by atoms with Gasteiger partial charge in [0.05, 0.1) is 5.69 Å². The fourth-order valence-electron chi connectivity index (χ4n) is 0.943. The highest BCUT2D eigenvalue weighted by Gasteiger charge is 2.11. The van der Waals surface area contributed by atoms with E-state index >= 15 is 0 Å². The molecular weight excluding hydrogens is 287 g/mol. The van der Waals surface area contributed by atoms with Gasteiger partial charge in [-0.05, 0) is 18.2 Å². The molecule has 84 valence electrons. The number of anilines is 1. The van der Waals surface area contributed by atoms with E-state index < -0.39 is 16.0 Å². The number of nitrogens with one attached hydrogen (secondary N) is 2. The van der Waals surface area contributed by atoms with E-state index in [0.29, 0.717) is 4.47 Å². The molecule has 1 aromatic carbocycles. The number of hydrogen-bond donors (Lipinski definition) is 2. The maximum atomic E-state index is 13.2. The zero-order valence-corrected chi connectivity index (χ0v) is 10.3. The van der Waals surface area contributed by atoms with Crippen LogP contribution in [-0.2, 0) is 10.2 Å². The summed E-state index contributed by atoms with van der Waals surface area (Å²) in [6.07, 6.45) is 0. The lowest BCUT2D eigenvalue weighted by atomic mass is 10.3. The maximum absolute atomic E-state index is 13.2. The minimum absolute atomic E-state index is 0.0841. The van der Waals surface area contributed by atoms with E-state index in [1.165, 1.54) is 12.1 Å². The van der Waals surface area contributed by atoms with Crippen molar-refractivity contribution in [3.05, 3.63) is 28.5 Å². The molecule has 15 heavy (non-hydrogen) atoms. The standard InChI is InChI=1S/C8H10BrFN2O2S/c1-2-11-15(13,14)12-8-4-3-6(9)5-7(8)10/h3-5,11-12H,2H2,1H3. The third kappa shape index (κ3) is 3.77. The first-order valence-corrected chi connectivity index (χ1v) is 6.44. The predicted molar refractivity (Wildman–Crippen MR) is 60.3 cm³/mol. The first kappa shape index (κ1) is 12.4. The summed E-state index contributed by atoms with van der Waals surface area (Å²) in [6.45, 7) is 1.88. The average Bonchev–Trinajstić information content (AvgIpc) is 2.09. The number of benzene rings is 1. The summed E-state index contributed by atoms with van der Waals surface area (Å²) in [5, 5.41) is 0. The van der Waals surface area contributed by atoms with Crippen molar-refractivity contribution in [3.8, 4) is 0 Å². The minimum atomic E-state index is -3.68. The van der Waals surface area contributed by atoms with E-state index in [1.807, 2.05) is 0 Å². The molecule has 0 aromatic heterocycles. The molecule has 0 aliphatic heterocycles. The monoisotopic (exact) mass is 296 g/mol. The Morgan fingerprint density at radius 1 is 1.47 bits per heavy atom. The molecule has 0 amide bonds. The molecule has 0 aliphatic rings. The highest BCUT2D eigenvalue weighted by Crippen LogP contribution is 2.19. The summed E-state index contributed by atoms with van der Waals surface area (Å²) >= 11 is 3.07. The Morgan fingerprint density at radius 2 is 2.13 bits per heavy atom. The summed E-state index contributed by atoms with van der Waals surface area (Å²) in [6, 6.07) is 4.07. The summed E-state index contributed by atoms with van der Waals surface area (Å²) in [7, 11) is -3.68. The van der Waals surface area contributed by atoms with Gasteiger partial charge in [0.15, 0.2) is 0 Å². The summed E-state index contributed by atoms with van der Waals surface area (Å²) in [5.41, 5.74) is -0.0841. The molecule has 0 spiro atoms. The molecule has 0 saturated carbocycles. The van der Waals surface area contributed by atoms with Crippen molar-refractivity contribution in [2.24, 2.45) is 0 Å². The molecule has 4 nitrogen and oxygen atoms in total. The maximum Gasteiger partial charge on any atom is 0.299 e. The minimum Gasteiger partial charge on any atom is -0.268 e. The second-order valence-corrected chi connectivity index (χ2v) is 5.14. The third-order valence-electron chi connectivity index (χ3n) is 1.51. The summed E-state index contributed by atoms with van der Waals surface area (Å²) in [5.74, 6) is -0.633. The van der Waals surface area contributed by atoms with Crippen molar-refractivity contribution >= 4 is 31.8 Å². The van der Waals surface area contributed by atoms with Crippen LogP contribution in [0.25, 0.3) is 0 Å². The molecular formula is C8H10BrFN2O2S. The van der Waals surface area contributed by atoms with Gasteiger partial charge in [-0.2, -0.15) is 13.1 Å². The second kappa shape index (κ2) is 4.91. The molecule has 0 unspecified atom stereocenters. The van der Waals surface area contributed by atoms with E-state index in [-0.39, 0.29) is 12.2 Å². The molecule has 0 atom stereocenters. The molecule has 7 heteroatoms. The molecule has 0 radical (unpaired) electrons. The third-order valence-corrected chi connectivity index (χ3v) is 3.16. The topological polar surface area (TPSA) is 58.2 Å². The van der Waals surface area contributed by atoms with Gasteiger partial charge in [0.2, 0.25) is 0 Å². The molecule has 0 saturated heterocycles. The smallest absolute Gasteiger partial charge is 0.268 e. The highest BCUT2D eigenvalue weighted by molar-refractivity contribution is 9.10. The number of rotatable bonds is 4. The highest BCUT2D eigenvalue weighted by atomic mass is 79.9. The van der Waals surface area contributed by atoms with Crippen molar-refractivity contribution in [3.63, 3.8) is 0 Å². The molecule has 0 bridgehead atoms. The molecule has 2 N–H and O–H groups in total. The quantitative estimate of drug-likeness (QED) is 0.891. The fraction of sp³-hybridized carbons (Fsp3) is 0.250. The zero-order valence-electron chi connectivity index (χ0n) is 7.92. The van der Waals surface area contributed by atoms with E-state index in [0.717, 1.165) is 0 Å². The van der Waals surface area contributed by atoms with Crippen LogP contribution in [0, 0.1) is 5.82 Å². The van der Waals surface area contributed by atoms with Gasteiger partial charge in [-0.3, -0.25) is 4.72 Å². The van der Waals surface area contributed by atoms with E-state index in [4.69, 9.17) is 0 Å². The van der Waals surface area contributed by atoms with Crippen molar-refractivity contribution < 1.29 is 12.8 Å². The Labute approximate surface area is 96.2 Å². The fourth-order valence-corrected chi connectivity index (χ4v) is 2.18. The van der Waals surface area contributed by atoms with Gasteiger partial charge in [0.25, 0.3) is 10.2 Å². The van der Waals surface area contributed by atoms with Crippen molar-refractivity contribution in [2.45, 2.75) is 6.92 Å². The Balaban J connectivity index is 2.90. The predicted octanol–water partition coefficient (Wildman–Crippen LogP) is 1.85. The van der Waals surface area contributed by atoms with Crippen molar-refractivity contribution in [1.29, 1.82) is 0 Å². The van der Waals surface area contributed by atoms with Crippen LogP contribution in [0.4, 0.5) is 10.1 Å². The lowest BCUT2D eigenvalue weighted by Crippen LogP contribution is -2.30. The van der Waals surface area contributed by atoms with Gasteiger partial charge in [0, 0.05) is 11.0 Å². The first-order valence-electron chi connectivity index (χ1n) is 4.17. The van der Waals surface area contributed by atoms with Gasteiger partial charge >= 0.3 is 0 Å². The molecule has 0 heterocycles. The SMILES string of the molecule is CCNS(=O)(=O)Nc1ccc(Br)cc1F. The largest absolute Gasteiger partial charge is 0.299 e. The van der Waals surface area contributed by atoms with Gasteiger partial charge in [-0.15, -0.1) is 0 Å². The number of hydrogen-bond acceptors (Lipinski definition) is 2. The molecule has 1 aromatic rings.